The van der Waals surface area contributed by atoms with Crippen LogP contribution in [0.2, 0.25) is 0 Å². The van der Waals surface area contributed by atoms with Crippen LogP contribution in [-0.2, 0) is 16.2 Å². The van der Waals surface area contributed by atoms with Gasteiger partial charge in [0.15, 0.2) is 0 Å². The standard InChI is InChI=1S/C29H28N2O5/c1-17-6-9-25(20(4)11-17)31-28(33)24(27(32)30-29(31)34)14-22-7-8-23(35-5)15-26(22)36-16-21-12-18(2)10-19(3)13-21/h6-15H,16H2,1-5H3,(H,30,32,34)/b24-14+. The van der Waals surface area contributed by atoms with Gasteiger partial charge >= 0.3 is 6.03 Å². The Hall–Kier alpha value is -4.39. The fraction of sp³-hybridized carbons (Fsp3) is 0.207. The summed E-state index contributed by atoms with van der Waals surface area (Å²) in [5.41, 5.74) is 5.74. The van der Waals surface area contributed by atoms with Crippen molar-refractivity contribution in [2.75, 3.05) is 12.0 Å². The molecular weight excluding hydrogens is 456 g/mol. The first-order valence-corrected chi connectivity index (χ1v) is 11.5. The number of nitrogens with one attached hydrogen (secondary N) is 1. The van der Waals surface area contributed by atoms with Gasteiger partial charge in [0, 0.05) is 11.6 Å². The summed E-state index contributed by atoms with van der Waals surface area (Å²) in [6.07, 6.45) is 1.44. The highest BCUT2D eigenvalue weighted by molar-refractivity contribution is 6.39. The maximum Gasteiger partial charge on any atom is 0.335 e. The lowest BCUT2D eigenvalue weighted by Crippen LogP contribution is -2.54. The van der Waals surface area contributed by atoms with Crippen molar-refractivity contribution >= 4 is 29.6 Å². The van der Waals surface area contributed by atoms with Gasteiger partial charge in [-0.15, -0.1) is 0 Å². The molecule has 7 nitrogen and oxygen atoms in total. The maximum atomic E-state index is 13.4. The van der Waals surface area contributed by atoms with Gasteiger partial charge in [0.25, 0.3) is 11.8 Å². The normalized spacial score (nSPS) is 14.8. The van der Waals surface area contributed by atoms with Crippen LogP contribution in [0.1, 0.15) is 33.4 Å². The SMILES string of the molecule is COc1ccc(/C=C2\C(=O)NC(=O)N(c3ccc(C)cc3C)C2=O)c(OCc2cc(C)cc(C)c2)c1. The highest BCUT2D eigenvalue weighted by Crippen LogP contribution is 2.30. The number of rotatable bonds is 6. The first kappa shape index (κ1) is 24.7. The minimum atomic E-state index is -0.782. The molecule has 4 rings (SSSR count). The predicted molar refractivity (Wildman–Crippen MR) is 138 cm³/mol. The van der Waals surface area contributed by atoms with Gasteiger partial charge < -0.3 is 9.47 Å². The lowest BCUT2D eigenvalue weighted by Gasteiger charge is -2.27. The summed E-state index contributed by atoms with van der Waals surface area (Å²) in [7, 11) is 1.55. The van der Waals surface area contributed by atoms with Crippen LogP contribution in [0, 0.1) is 27.7 Å². The molecule has 36 heavy (non-hydrogen) atoms. The van der Waals surface area contributed by atoms with E-state index in [9.17, 15) is 14.4 Å². The Labute approximate surface area is 210 Å². The fourth-order valence-corrected chi connectivity index (χ4v) is 4.29. The van der Waals surface area contributed by atoms with E-state index < -0.39 is 17.8 Å². The summed E-state index contributed by atoms with van der Waals surface area (Å²) in [5.74, 6) is -0.454. The van der Waals surface area contributed by atoms with Crippen LogP contribution in [0.15, 0.2) is 60.2 Å². The third-order valence-corrected chi connectivity index (χ3v) is 5.89. The second-order valence-corrected chi connectivity index (χ2v) is 8.94. The Morgan fingerprint density at radius 2 is 1.58 bits per heavy atom. The van der Waals surface area contributed by atoms with Crippen LogP contribution in [0.25, 0.3) is 6.08 Å². The monoisotopic (exact) mass is 484 g/mol. The van der Waals surface area contributed by atoms with E-state index in [0.29, 0.717) is 29.4 Å². The highest BCUT2D eigenvalue weighted by Gasteiger charge is 2.37. The molecule has 0 spiro atoms. The molecule has 1 aliphatic rings. The molecule has 1 heterocycles. The van der Waals surface area contributed by atoms with E-state index in [1.807, 2.05) is 52.0 Å². The van der Waals surface area contributed by atoms with E-state index in [1.54, 1.807) is 31.4 Å². The molecule has 3 aromatic rings. The quantitative estimate of drug-likeness (QED) is 0.385. The Balaban J connectivity index is 1.70. The van der Waals surface area contributed by atoms with Crippen LogP contribution in [0.3, 0.4) is 0 Å². The number of carbonyl (C=O) groups is 3. The first-order valence-electron chi connectivity index (χ1n) is 11.5. The number of barbiturate groups is 1. The number of benzene rings is 3. The van der Waals surface area contributed by atoms with E-state index >= 15 is 0 Å². The van der Waals surface area contributed by atoms with Gasteiger partial charge in [-0.3, -0.25) is 14.9 Å². The van der Waals surface area contributed by atoms with Crippen molar-refractivity contribution in [1.29, 1.82) is 0 Å². The average Bonchev–Trinajstić information content (AvgIpc) is 2.81. The molecule has 0 bridgehead atoms. The summed E-state index contributed by atoms with van der Waals surface area (Å²) >= 11 is 0. The van der Waals surface area contributed by atoms with Crippen molar-refractivity contribution in [2.45, 2.75) is 34.3 Å². The molecule has 0 unspecified atom stereocenters. The largest absolute Gasteiger partial charge is 0.497 e. The lowest BCUT2D eigenvalue weighted by atomic mass is 10.0. The number of hydrogen-bond acceptors (Lipinski definition) is 5. The summed E-state index contributed by atoms with van der Waals surface area (Å²) in [4.78, 5) is 39.7. The van der Waals surface area contributed by atoms with Gasteiger partial charge in [-0.2, -0.15) is 0 Å². The number of ether oxygens (including phenoxy) is 2. The number of anilines is 1. The molecule has 0 saturated carbocycles. The zero-order valence-electron chi connectivity index (χ0n) is 21.0. The summed E-state index contributed by atoms with van der Waals surface area (Å²) < 4.78 is 11.4. The van der Waals surface area contributed by atoms with Gasteiger partial charge in [0.2, 0.25) is 0 Å². The molecule has 1 saturated heterocycles. The van der Waals surface area contributed by atoms with Gasteiger partial charge in [-0.25, -0.2) is 9.69 Å². The lowest BCUT2D eigenvalue weighted by molar-refractivity contribution is -0.122. The zero-order valence-corrected chi connectivity index (χ0v) is 21.0. The Morgan fingerprint density at radius 1 is 0.861 bits per heavy atom. The minimum Gasteiger partial charge on any atom is -0.497 e. The molecular formula is C29H28N2O5. The molecule has 0 radical (unpaired) electrons. The number of carbonyl (C=O) groups excluding carboxylic acids is 3. The third-order valence-electron chi connectivity index (χ3n) is 5.89. The molecule has 1 aliphatic heterocycles. The molecule has 0 atom stereocenters. The van der Waals surface area contributed by atoms with Crippen molar-refractivity contribution in [2.24, 2.45) is 0 Å². The summed E-state index contributed by atoms with van der Waals surface area (Å²) in [6, 6.07) is 15.9. The van der Waals surface area contributed by atoms with Crippen LogP contribution in [0.5, 0.6) is 11.5 Å². The number of imide groups is 2. The molecule has 1 N–H and O–H groups in total. The molecule has 4 amide bonds. The molecule has 1 fully saturated rings. The van der Waals surface area contributed by atoms with Crippen LogP contribution >= 0.6 is 0 Å². The summed E-state index contributed by atoms with van der Waals surface area (Å²) in [5, 5.41) is 2.28. The molecule has 0 aromatic heterocycles. The minimum absolute atomic E-state index is 0.170. The van der Waals surface area contributed by atoms with Crippen molar-refractivity contribution < 1.29 is 23.9 Å². The van der Waals surface area contributed by atoms with E-state index in [2.05, 4.69) is 11.4 Å². The second-order valence-electron chi connectivity index (χ2n) is 8.94. The van der Waals surface area contributed by atoms with Gasteiger partial charge in [-0.05, 0) is 63.1 Å². The van der Waals surface area contributed by atoms with Crippen molar-refractivity contribution in [3.05, 3.63) is 93.6 Å². The number of hydrogen-bond donors (Lipinski definition) is 1. The van der Waals surface area contributed by atoms with Gasteiger partial charge in [0.1, 0.15) is 23.7 Å². The van der Waals surface area contributed by atoms with E-state index in [1.165, 1.54) is 6.08 Å². The fourth-order valence-electron chi connectivity index (χ4n) is 4.29. The highest BCUT2D eigenvalue weighted by atomic mass is 16.5. The molecule has 184 valence electrons. The van der Waals surface area contributed by atoms with Crippen molar-refractivity contribution in [3.63, 3.8) is 0 Å². The third kappa shape index (κ3) is 5.15. The van der Waals surface area contributed by atoms with Crippen LogP contribution in [-0.4, -0.2) is 25.0 Å². The van der Waals surface area contributed by atoms with Gasteiger partial charge in [0.05, 0.1) is 12.8 Å². The molecule has 7 heteroatoms. The average molecular weight is 485 g/mol. The predicted octanol–water partition coefficient (Wildman–Crippen LogP) is 5.17. The summed E-state index contributed by atoms with van der Waals surface area (Å²) in [6.45, 7) is 8.07. The number of aryl methyl sites for hydroxylation is 4. The number of methoxy groups -OCH3 is 1. The topological polar surface area (TPSA) is 84.9 Å². The van der Waals surface area contributed by atoms with Crippen molar-refractivity contribution in [1.82, 2.24) is 5.32 Å². The Bertz CT molecular complexity index is 1390. The van der Waals surface area contributed by atoms with E-state index in [-0.39, 0.29) is 5.57 Å². The van der Waals surface area contributed by atoms with Gasteiger partial charge in [-0.1, -0.05) is 47.0 Å². The number of amides is 4. The molecule has 0 aliphatic carbocycles. The second kappa shape index (κ2) is 10.1. The van der Waals surface area contributed by atoms with Crippen LogP contribution < -0.4 is 19.7 Å². The van der Waals surface area contributed by atoms with E-state index in [4.69, 9.17) is 9.47 Å². The maximum absolute atomic E-state index is 13.4. The number of urea groups is 1. The Morgan fingerprint density at radius 3 is 2.25 bits per heavy atom. The first-order chi connectivity index (χ1) is 17.2. The number of nitrogens with zero attached hydrogens (tertiary/aromatic N) is 1. The van der Waals surface area contributed by atoms with Crippen LogP contribution in [0.4, 0.5) is 10.5 Å². The zero-order chi connectivity index (χ0) is 26.0. The molecule has 3 aromatic carbocycles. The Kier molecular flexibility index (Phi) is 6.92. The smallest absolute Gasteiger partial charge is 0.335 e. The van der Waals surface area contributed by atoms with E-state index in [0.717, 1.165) is 32.7 Å². The van der Waals surface area contributed by atoms with Crippen molar-refractivity contribution in [3.8, 4) is 11.5 Å².